The largest absolute Gasteiger partial charge is 0.303 e. The van der Waals surface area contributed by atoms with Gasteiger partial charge in [-0.25, -0.2) is 0 Å². The van der Waals surface area contributed by atoms with Gasteiger partial charge in [-0.3, -0.25) is 0 Å². The Kier molecular flexibility index (Phi) is 7.40. The molecular weight excluding hydrogens is 240 g/mol. The highest BCUT2D eigenvalue weighted by Crippen LogP contribution is 2.15. The Morgan fingerprint density at radius 2 is 1.61 bits per heavy atom. The number of benzene rings is 1. The first kappa shape index (κ1) is 15.5. The molecule has 0 unspecified atom stereocenters. The van der Waals surface area contributed by atoms with Crippen LogP contribution in [0.15, 0.2) is 29.2 Å². The number of rotatable bonds is 8. The van der Waals surface area contributed by atoms with E-state index in [-0.39, 0.29) is 0 Å². The Labute approximate surface area is 116 Å². The zero-order chi connectivity index (χ0) is 13.4. The summed E-state index contributed by atoms with van der Waals surface area (Å²) >= 11 is 1.80. The SMILES string of the molecule is CCN(CC)CCN(C)Cc1ccc(SC)cc1. The van der Waals surface area contributed by atoms with Gasteiger partial charge in [0.25, 0.3) is 0 Å². The van der Waals surface area contributed by atoms with Crippen molar-refractivity contribution < 1.29 is 0 Å². The van der Waals surface area contributed by atoms with Crippen LogP contribution in [0.4, 0.5) is 0 Å². The molecule has 1 aromatic carbocycles. The summed E-state index contributed by atoms with van der Waals surface area (Å²) in [5.74, 6) is 0. The molecule has 0 N–H and O–H groups in total. The van der Waals surface area contributed by atoms with Crippen LogP contribution < -0.4 is 0 Å². The second-order valence-corrected chi connectivity index (χ2v) is 5.49. The predicted octanol–water partition coefficient (Wildman–Crippen LogP) is 3.18. The average Bonchev–Trinajstić information content (AvgIpc) is 2.41. The van der Waals surface area contributed by atoms with Gasteiger partial charge in [-0.05, 0) is 44.1 Å². The molecule has 0 heterocycles. The molecule has 18 heavy (non-hydrogen) atoms. The molecule has 1 aromatic rings. The highest BCUT2D eigenvalue weighted by Gasteiger charge is 2.03. The quantitative estimate of drug-likeness (QED) is 0.667. The number of hydrogen-bond donors (Lipinski definition) is 0. The fourth-order valence-electron chi connectivity index (χ4n) is 1.97. The maximum atomic E-state index is 2.47. The summed E-state index contributed by atoms with van der Waals surface area (Å²) in [7, 11) is 2.20. The molecule has 0 aliphatic heterocycles. The van der Waals surface area contributed by atoms with Crippen LogP contribution in [0.1, 0.15) is 19.4 Å². The molecule has 102 valence electrons. The van der Waals surface area contributed by atoms with Crippen molar-refractivity contribution in [2.24, 2.45) is 0 Å². The predicted molar refractivity (Wildman–Crippen MR) is 82.3 cm³/mol. The topological polar surface area (TPSA) is 6.48 Å². The van der Waals surface area contributed by atoms with E-state index in [9.17, 15) is 0 Å². The lowest BCUT2D eigenvalue weighted by atomic mass is 10.2. The van der Waals surface area contributed by atoms with Gasteiger partial charge in [0.2, 0.25) is 0 Å². The van der Waals surface area contributed by atoms with E-state index >= 15 is 0 Å². The lowest BCUT2D eigenvalue weighted by Crippen LogP contribution is -2.32. The molecule has 2 nitrogen and oxygen atoms in total. The van der Waals surface area contributed by atoms with Crippen LogP contribution in [0.5, 0.6) is 0 Å². The minimum absolute atomic E-state index is 1.04. The highest BCUT2D eigenvalue weighted by atomic mass is 32.2. The Morgan fingerprint density at radius 3 is 2.11 bits per heavy atom. The Bertz CT molecular complexity index is 320. The second-order valence-electron chi connectivity index (χ2n) is 4.61. The Morgan fingerprint density at radius 1 is 1.00 bits per heavy atom. The van der Waals surface area contributed by atoms with Crippen LogP contribution in [-0.4, -0.2) is 49.3 Å². The summed E-state index contributed by atoms with van der Waals surface area (Å²) in [6.45, 7) is 10.1. The van der Waals surface area contributed by atoms with E-state index < -0.39 is 0 Å². The molecule has 0 spiro atoms. The van der Waals surface area contributed by atoms with E-state index in [4.69, 9.17) is 0 Å². The zero-order valence-electron chi connectivity index (χ0n) is 12.1. The van der Waals surface area contributed by atoms with Gasteiger partial charge < -0.3 is 9.80 Å². The zero-order valence-corrected chi connectivity index (χ0v) is 13.0. The van der Waals surface area contributed by atoms with Gasteiger partial charge >= 0.3 is 0 Å². The molecule has 0 radical (unpaired) electrons. The molecule has 0 bridgehead atoms. The Hall–Kier alpha value is -0.510. The summed E-state index contributed by atoms with van der Waals surface area (Å²) in [6, 6.07) is 8.88. The fraction of sp³-hybridized carbons (Fsp3) is 0.600. The van der Waals surface area contributed by atoms with E-state index in [1.165, 1.54) is 10.5 Å². The molecule has 0 amide bonds. The van der Waals surface area contributed by atoms with Gasteiger partial charge in [-0.15, -0.1) is 11.8 Å². The van der Waals surface area contributed by atoms with E-state index in [0.29, 0.717) is 0 Å². The molecule has 3 heteroatoms. The molecule has 0 atom stereocenters. The van der Waals surface area contributed by atoms with Crippen molar-refractivity contribution in [1.29, 1.82) is 0 Å². The van der Waals surface area contributed by atoms with Crippen LogP contribution in [0.3, 0.4) is 0 Å². The van der Waals surface area contributed by atoms with Gasteiger partial charge in [0.1, 0.15) is 0 Å². The van der Waals surface area contributed by atoms with Crippen LogP contribution in [0, 0.1) is 0 Å². The molecule has 1 rings (SSSR count). The standard InChI is InChI=1S/C15H26N2S/c1-5-17(6-2)12-11-16(3)13-14-7-9-15(18-4)10-8-14/h7-10H,5-6,11-13H2,1-4H3. The number of likely N-dealkylation sites (N-methyl/N-ethyl adjacent to an activating group) is 2. The van der Waals surface area contributed by atoms with Gasteiger partial charge in [0.15, 0.2) is 0 Å². The third-order valence-electron chi connectivity index (χ3n) is 3.30. The summed E-state index contributed by atoms with van der Waals surface area (Å²) in [6.07, 6.45) is 2.12. The lowest BCUT2D eigenvalue weighted by Gasteiger charge is -2.23. The third-order valence-corrected chi connectivity index (χ3v) is 4.05. The van der Waals surface area contributed by atoms with E-state index in [2.05, 4.69) is 61.2 Å². The van der Waals surface area contributed by atoms with Crippen molar-refractivity contribution in [3.8, 4) is 0 Å². The minimum Gasteiger partial charge on any atom is -0.303 e. The van der Waals surface area contributed by atoms with Crippen LogP contribution in [-0.2, 0) is 6.54 Å². The second kappa shape index (κ2) is 8.57. The summed E-state index contributed by atoms with van der Waals surface area (Å²) in [4.78, 5) is 6.20. The van der Waals surface area contributed by atoms with Crippen LogP contribution in [0.25, 0.3) is 0 Å². The summed E-state index contributed by atoms with van der Waals surface area (Å²) in [5.41, 5.74) is 1.40. The first-order valence-corrected chi connectivity index (χ1v) is 7.95. The number of nitrogens with zero attached hydrogens (tertiary/aromatic N) is 2. The maximum absolute atomic E-state index is 2.47. The van der Waals surface area contributed by atoms with Gasteiger partial charge in [0, 0.05) is 24.5 Å². The molecule has 0 aromatic heterocycles. The van der Waals surface area contributed by atoms with E-state index in [1.807, 2.05) is 0 Å². The molecule has 0 fully saturated rings. The van der Waals surface area contributed by atoms with Crippen molar-refractivity contribution in [3.05, 3.63) is 29.8 Å². The third kappa shape index (κ3) is 5.42. The minimum atomic E-state index is 1.04. The molecule has 0 saturated carbocycles. The van der Waals surface area contributed by atoms with Crippen molar-refractivity contribution >= 4 is 11.8 Å². The molecular formula is C15H26N2S. The van der Waals surface area contributed by atoms with Gasteiger partial charge in [0.05, 0.1) is 0 Å². The van der Waals surface area contributed by atoms with E-state index in [1.54, 1.807) is 11.8 Å². The van der Waals surface area contributed by atoms with Crippen molar-refractivity contribution in [3.63, 3.8) is 0 Å². The number of hydrogen-bond acceptors (Lipinski definition) is 3. The van der Waals surface area contributed by atoms with Crippen molar-refractivity contribution in [2.75, 3.05) is 39.5 Å². The average molecular weight is 266 g/mol. The fourth-order valence-corrected chi connectivity index (χ4v) is 2.38. The van der Waals surface area contributed by atoms with Gasteiger partial charge in [-0.1, -0.05) is 26.0 Å². The summed E-state index contributed by atoms with van der Waals surface area (Å²) in [5, 5.41) is 0. The molecule has 0 aliphatic carbocycles. The van der Waals surface area contributed by atoms with Gasteiger partial charge in [-0.2, -0.15) is 0 Å². The van der Waals surface area contributed by atoms with Crippen molar-refractivity contribution in [1.82, 2.24) is 9.80 Å². The highest BCUT2D eigenvalue weighted by molar-refractivity contribution is 7.98. The number of thioether (sulfide) groups is 1. The first-order valence-electron chi connectivity index (χ1n) is 6.73. The van der Waals surface area contributed by atoms with Crippen LogP contribution >= 0.6 is 11.8 Å². The van der Waals surface area contributed by atoms with Crippen LogP contribution in [0.2, 0.25) is 0 Å². The molecule has 0 aliphatic rings. The van der Waals surface area contributed by atoms with Crippen molar-refractivity contribution in [2.45, 2.75) is 25.3 Å². The molecule has 0 saturated heterocycles. The summed E-state index contributed by atoms with van der Waals surface area (Å²) < 4.78 is 0. The maximum Gasteiger partial charge on any atom is 0.0231 e. The van der Waals surface area contributed by atoms with E-state index in [0.717, 1.165) is 32.7 Å². The normalized spacial score (nSPS) is 11.4. The smallest absolute Gasteiger partial charge is 0.0231 e. The lowest BCUT2D eigenvalue weighted by molar-refractivity contribution is 0.236. The first-order chi connectivity index (χ1) is 8.69. The Balaban J connectivity index is 2.36. The monoisotopic (exact) mass is 266 g/mol.